The first-order valence-corrected chi connectivity index (χ1v) is 11.5. The van der Waals surface area contributed by atoms with Crippen LogP contribution in [0.3, 0.4) is 0 Å². The number of likely N-dealkylation sites (N-methyl/N-ethyl adjacent to an activating group) is 1. The van der Waals surface area contributed by atoms with E-state index in [9.17, 15) is 19.5 Å². The van der Waals surface area contributed by atoms with Crippen LogP contribution in [0.15, 0.2) is 48.5 Å². The number of carbonyl (C=O) groups is 3. The summed E-state index contributed by atoms with van der Waals surface area (Å²) in [4.78, 5) is 38.4. The zero-order valence-electron chi connectivity index (χ0n) is 19.6. The van der Waals surface area contributed by atoms with E-state index >= 15 is 0 Å². The third-order valence-electron chi connectivity index (χ3n) is 7.04. The average Bonchev–Trinajstić information content (AvgIpc) is 3.45. The number of hydrogen-bond donors (Lipinski definition) is 2. The maximum atomic E-state index is 12.9. The van der Waals surface area contributed by atoms with E-state index in [0.717, 1.165) is 22.3 Å². The molecule has 0 spiro atoms. The molecule has 2 N–H and O–H groups in total. The predicted octanol–water partition coefficient (Wildman–Crippen LogP) is 3.11. The average molecular weight is 467 g/mol. The van der Waals surface area contributed by atoms with Crippen molar-refractivity contribution in [2.24, 2.45) is 11.8 Å². The first kappa shape index (κ1) is 23.8. The van der Waals surface area contributed by atoms with E-state index in [4.69, 9.17) is 9.47 Å². The van der Waals surface area contributed by atoms with E-state index in [1.807, 2.05) is 24.3 Å². The molecule has 1 saturated heterocycles. The van der Waals surface area contributed by atoms with Crippen molar-refractivity contribution in [2.45, 2.75) is 31.8 Å². The van der Waals surface area contributed by atoms with Gasteiger partial charge in [-0.2, -0.15) is 0 Å². The molecular formula is C26H30N2O6. The summed E-state index contributed by atoms with van der Waals surface area (Å²) in [5.74, 6) is -2.62. The summed E-state index contributed by atoms with van der Waals surface area (Å²) in [6, 6.07) is 15.2. The summed E-state index contributed by atoms with van der Waals surface area (Å²) >= 11 is 0. The zero-order chi connectivity index (χ0) is 24.4. The van der Waals surface area contributed by atoms with Gasteiger partial charge in [0.2, 0.25) is 5.91 Å². The number of ether oxygens (including phenoxy) is 2. The van der Waals surface area contributed by atoms with Crippen molar-refractivity contribution in [3.63, 3.8) is 0 Å². The molecule has 0 aromatic heterocycles. The van der Waals surface area contributed by atoms with Gasteiger partial charge in [-0.1, -0.05) is 55.5 Å². The largest absolute Gasteiger partial charge is 0.481 e. The third-order valence-corrected chi connectivity index (χ3v) is 7.04. The summed E-state index contributed by atoms with van der Waals surface area (Å²) in [5.41, 5.74) is 4.56. The maximum Gasteiger partial charge on any atom is 0.407 e. The molecule has 2 amide bonds. The highest BCUT2D eigenvalue weighted by atomic mass is 16.5. The van der Waals surface area contributed by atoms with E-state index in [1.54, 1.807) is 20.9 Å². The number of carboxylic acids is 1. The Balaban J connectivity index is 1.34. The van der Waals surface area contributed by atoms with E-state index in [2.05, 4.69) is 29.6 Å². The van der Waals surface area contributed by atoms with Gasteiger partial charge in [-0.05, 0) is 29.2 Å². The summed E-state index contributed by atoms with van der Waals surface area (Å²) in [6.45, 7) is 3.89. The van der Waals surface area contributed by atoms with Gasteiger partial charge in [-0.25, -0.2) is 4.79 Å². The normalized spacial score (nSPS) is 20.7. The first-order chi connectivity index (χ1) is 16.3. The van der Waals surface area contributed by atoms with Crippen molar-refractivity contribution in [1.82, 2.24) is 10.2 Å². The molecule has 8 heteroatoms. The van der Waals surface area contributed by atoms with Crippen LogP contribution in [-0.2, 0) is 19.1 Å². The van der Waals surface area contributed by atoms with Gasteiger partial charge in [0, 0.05) is 19.0 Å². The molecule has 4 atom stereocenters. The second kappa shape index (κ2) is 9.85. The number of alkyl carbamates (subject to hydrolysis) is 1. The molecule has 4 unspecified atom stereocenters. The summed E-state index contributed by atoms with van der Waals surface area (Å²) in [6.07, 6.45) is -0.593. The molecule has 1 heterocycles. The van der Waals surface area contributed by atoms with Gasteiger partial charge in [0.1, 0.15) is 12.5 Å². The van der Waals surface area contributed by atoms with Gasteiger partial charge in [0.25, 0.3) is 0 Å². The highest BCUT2D eigenvalue weighted by Gasteiger charge is 2.40. The Labute approximate surface area is 198 Å². The van der Waals surface area contributed by atoms with E-state index in [1.165, 1.54) is 4.90 Å². The molecule has 8 nitrogen and oxygen atoms in total. The minimum atomic E-state index is -0.986. The van der Waals surface area contributed by atoms with Crippen molar-refractivity contribution in [2.75, 3.05) is 26.9 Å². The highest BCUT2D eigenvalue weighted by molar-refractivity contribution is 5.82. The van der Waals surface area contributed by atoms with Crippen LogP contribution in [0.25, 0.3) is 11.1 Å². The van der Waals surface area contributed by atoms with E-state index in [-0.39, 0.29) is 31.6 Å². The van der Waals surface area contributed by atoms with Crippen LogP contribution in [0, 0.1) is 11.8 Å². The Kier molecular flexibility index (Phi) is 6.88. The zero-order valence-corrected chi connectivity index (χ0v) is 19.6. The number of nitrogens with one attached hydrogen (secondary N) is 1. The highest BCUT2D eigenvalue weighted by Crippen LogP contribution is 2.44. The van der Waals surface area contributed by atoms with Crippen LogP contribution >= 0.6 is 0 Å². The summed E-state index contributed by atoms with van der Waals surface area (Å²) < 4.78 is 10.8. The molecule has 34 heavy (non-hydrogen) atoms. The number of benzene rings is 2. The maximum absolute atomic E-state index is 12.9. The van der Waals surface area contributed by atoms with Gasteiger partial charge in [0.05, 0.1) is 25.2 Å². The molecule has 2 aliphatic rings. The molecule has 1 aliphatic heterocycles. The molecule has 0 saturated carbocycles. The Morgan fingerprint density at radius 3 is 2.24 bits per heavy atom. The van der Waals surface area contributed by atoms with Crippen molar-refractivity contribution >= 4 is 18.0 Å². The van der Waals surface area contributed by atoms with Gasteiger partial charge in [0.15, 0.2) is 0 Å². The Bertz CT molecular complexity index is 1040. The number of hydrogen-bond acceptors (Lipinski definition) is 5. The summed E-state index contributed by atoms with van der Waals surface area (Å²) in [7, 11) is 1.58. The van der Waals surface area contributed by atoms with Gasteiger partial charge >= 0.3 is 12.1 Å². The number of fused-ring (bicyclic) bond motifs is 3. The fourth-order valence-electron chi connectivity index (χ4n) is 4.81. The summed E-state index contributed by atoms with van der Waals surface area (Å²) in [5, 5.41) is 12.1. The van der Waals surface area contributed by atoms with Crippen molar-refractivity contribution in [1.29, 1.82) is 0 Å². The number of nitrogens with zero attached hydrogens (tertiary/aromatic N) is 1. The Morgan fingerprint density at radius 1 is 1.06 bits per heavy atom. The van der Waals surface area contributed by atoms with Crippen LogP contribution in [0.5, 0.6) is 0 Å². The predicted molar refractivity (Wildman–Crippen MR) is 125 cm³/mol. The molecule has 0 bridgehead atoms. The smallest absolute Gasteiger partial charge is 0.407 e. The number of carboxylic acid groups (broad SMARTS) is 1. The monoisotopic (exact) mass is 466 g/mol. The lowest BCUT2D eigenvalue weighted by atomic mass is 9.98. The molecule has 1 fully saturated rings. The second-order valence-corrected chi connectivity index (χ2v) is 9.05. The number of amides is 2. The molecule has 2 aromatic carbocycles. The van der Waals surface area contributed by atoms with Gasteiger partial charge in [-0.15, -0.1) is 0 Å². The SMILES string of the molecule is CC(NC(=O)OCC1c2ccccc2-c2ccccc21)C(C)C(=O)N(C)C1COCC1C(=O)O. The van der Waals surface area contributed by atoms with Crippen LogP contribution in [0.4, 0.5) is 4.79 Å². The fourth-order valence-corrected chi connectivity index (χ4v) is 4.81. The lowest BCUT2D eigenvalue weighted by molar-refractivity contribution is -0.145. The van der Waals surface area contributed by atoms with E-state index in [0.29, 0.717) is 0 Å². The van der Waals surface area contributed by atoms with Crippen molar-refractivity contribution < 1.29 is 29.0 Å². The lowest BCUT2D eigenvalue weighted by Gasteiger charge is -2.31. The number of aliphatic carboxylic acids is 1. The Hall–Kier alpha value is -3.39. The fraction of sp³-hybridized carbons (Fsp3) is 0.423. The van der Waals surface area contributed by atoms with Crippen LogP contribution in [-0.4, -0.2) is 66.9 Å². The minimum absolute atomic E-state index is 0.0473. The van der Waals surface area contributed by atoms with Crippen LogP contribution < -0.4 is 5.32 Å². The van der Waals surface area contributed by atoms with Crippen molar-refractivity contribution in [3.05, 3.63) is 59.7 Å². The minimum Gasteiger partial charge on any atom is -0.481 e. The molecule has 180 valence electrons. The van der Waals surface area contributed by atoms with Crippen LogP contribution in [0.1, 0.15) is 30.9 Å². The Morgan fingerprint density at radius 2 is 1.65 bits per heavy atom. The first-order valence-electron chi connectivity index (χ1n) is 11.5. The molecular weight excluding hydrogens is 436 g/mol. The standard InChI is InChI=1S/C26H30N2O6/c1-15(24(29)28(3)23-14-33-12-22(23)25(30)31)16(2)27-26(32)34-13-21-19-10-6-4-8-17(19)18-9-5-7-11-20(18)21/h4-11,15-16,21-23H,12-14H2,1-3H3,(H,27,32)(H,30,31). The molecule has 2 aromatic rings. The van der Waals surface area contributed by atoms with E-state index < -0.39 is 36.0 Å². The van der Waals surface area contributed by atoms with Gasteiger partial charge in [-0.3, -0.25) is 9.59 Å². The second-order valence-electron chi connectivity index (χ2n) is 9.05. The quantitative estimate of drug-likeness (QED) is 0.650. The molecule has 1 aliphatic carbocycles. The lowest BCUT2D eigenvalue weighted by Crippen LogP contribution is -2.50. The molecule has 0 radical (unpaired) electrons. The van der Waals surface area contributed by atoms with Crippen LogP contribution in [0.2, 0.25) is 0 Å². The van der Waals surface area contributed by atoms with Gasteiger partial charge < -0.3 is 24.8 Å². The number of rotatable bonds is 7. The molecule has 4 rings (SSSR count). The van der Waals surface area contributed by atoms with Crippen molar-refractivity contribution in [3.8, 4) is 11.1 Å². The number of carbonyl (C=O) groups excluding carboxylic acids is 2. The topological polar surface area (TPSA) is 105 Å². The third kappa shape index (κ3) is 4.50.